The summed E-state index contributed by atoms with van der Waals surface area (Å²) in [5.74, 6) is 0. The average Bonchev–Trinajstić information content (AvgIpc) is 3.27. The summed E-state index contributed by atoms with van der Waals surface area (Å²) < 4.78 is 5.44. The van der Waals surface area contributed by atoms with E-state index >= 15 is 0 Å². The van der Waals surface area contributed by atoms with Crippen molar-refractivity contribution in [1.82, 2.24) is 15.2 Å². The topological polar surface area (TPSA) is 54.0 Å². The van der Waals surface area contributed by atoms with Crippen molar-refractivity contribution in [1.29, 1.82) is 0 Å². The second-order valence-electron chi connectivity index (χ2n) is 7.52. The number of nitrogens with one attached hydrogen (secondary N) is 1. The maximum Gasteiger partial charge on any atom is 0.100 e. The van der Waals surface area contributed by atoms with E-state index in [-0.39, 0.29) is 0 Å². The smallest absolute Gasteiger partial charge is 0.100 e. The van der Waals surface area contributed by atoms with Gasteiger partial charge in [-0.1, -0.05) is 12.1 Å². The number of benzene rings is 1. The predicted molar refractivity (Wildman–Crippen MR) is 102 cm³/mol. The van der Waals surface area contributed by atoms with Crippen molar-refractivity contribution in [3.8, 4) is 22.4 Å². The highest BCUT2D eigenvalue weighted by Crippen LogP contribution is 2.40. The van der Waals surface area contributed by atoms with E-state index in [1.165, 1.54) is 17.7 Å². The maximum absolute atomic E-state index is 5.44. The first-order valence-corrected chi connectivity index (χ1v) is 9.13. The van der Waals surface area contributed by atoms with Crippen LogP contribution in [-0.4, -0.2) is 41.5 Å². The van der Waals surface area contributed by atoms with Gasteiger partial charge in [0.15, 0.2) is 0 Å². The van der Waals surface area contributed by atoms with Gasteiger partial charge in [0.05, 0.1) is 13.2 Å². The molecule has 1 aromatic carbocycles. The van der Waals surface area contributed by atoms with Gasteiger partial charge >= 0.3 is 0 Å². The molecular weight excluding hydrogens is 324 g/mol. The molecular formula is C21H22N4O. The van der Waals surface area contributed by atoms with Crippen molar-refractivity contribution < 1.29 is 4.74 Å². The highest BCUT2D eigenvalue weighted by atomic mass is 16.5. The number of aromatic amines is 1. The fraction of sp³-hybridized carbons (Fsp3) is 0.333. The monoisotopic (exact) mass is 346 g/mol. The second kappa shape index (κ2) is 5.95. The summed E-state index contributed by atoms with van der Waals surface area (Å²) in [5, 5.41) is 7.66. The number of ether oxygens (including phenoxy) is 1. The van der Waals surface area contributed by atoms with E-state index in [2.05, 4.69) is 51.3 Å². The molecule has 2 fully saturated rings. The summed E-state index contributed by atoms with van der Waals surface area (Å²) in [4.78, 5) is 6.59. The molecule has 5 nitrogen and oxygen atoms in total. The molecule has 4 heterocycles. The lowest BCUT2D eigenvalue weighted by Gasteiger charge is -2.37. The van der Waals surface area contributed by atoms with Crippen molar-refractivity contribution >= 4 is 5.69 Å². The second-order valence-corrected chi connectivity index (χ2v) is 7.52. The maximum atomic E-state index is 5.44. The number of H-pyrrole nitrogens is 1. The molecule has 0 radical (unpaired) electrons. The lowest BCUT2D eigenvalue weighted by Crippen LogP contribution is -2.44. The van der Waals surface area contributed by atoms with Gasteiger partial charge in [0, 0.05) is 53.4 Å². The number of nitrogens with zero attached hydrogens (tertiary/aromatic N) is 3. The van der Waals surface area contributed by atoms with Crippen LogP contribution in [0.25, 0.3) is 22.4 Å². The van der Waals surface area contributed by atoms with Crippen LogP contribution in [0.2, 0.25) is 0 Å². The van der Waals surface area contributed by atoms with Gasteiger partial charge in [0.2, 0.25) is 0 Å². The summed E-state index contributed by atoms with van der Waals surface area (Å²) in [5.41, 5.74) is 7.19. The number of aromatic nitrogens is 3. The molecule has 0 aliphatic carbocycles. The van der Waals surface area contributed by atoms with Gasteiger partial charge in [-0.3, -0.25) is 10.1 Å². The largest absolute Gasteiger partial charge is 0.380 e. The van der Waals surface area contributed by atoms with Gasteiger partial charge < -0.3 is 9.64 Å². The molecule has 2 aliphatic heterocycles. The number of hydrogen-bond donors (Lipinski definition) is 1. The van der Waals surface area contributed by atoms with Crippen molar-refractivity contribution in [3.63, 3.8) is 0 Å². The van der Waals surface area contributed by atoms with Gasteiger partial charge in [-0.2, -0.15) is 5.10 Å². The Labute approximate surface area is 153 Å². The van der Waals surface area contributed by atoms with Gasteiger partial charge in [-0.15, -0.1) is 0 Å². The lowest BCUT2D eigenvalue weighted by molar-refractivity contribution is -0.0985. The van der Waals surface area contributed by atoms with Crippen molar-refractivity contribution in [2.45, 2.75) is 13.3 Å². The molecule has 2 aromatic heterocycles. The fourth-order valence-electron chi connectivity index (χ4n) is 4.12. The molecule has 5 rings (SSSR count). The first kappa shape index (κ1) is 15.6. The molecule has 3 aromatic rings. The Morgan fingerprint density at radius 3 is 2.46 bits per heavy atom. The normalized spacial score (nSPS) is 18.3. The number of pyridine rings is 1. The molecule has 1 spiro atoms. The van der Waals surface area contributed by atoms with E-state index in [0.717, 1.165) is 48.8 Å². The lowest BCUT2D eigenvalue weighted by atomic mass is 9.85. The summed E-state index contributed by atoms with van der Waals surface area (Å²) in [6.45, 7) is 6.15. The highest BCUT2D eigenvalue weighted by molar-refractivity contribution is 5.82. The first-order chi connectivity index (χ1) is 12.7. The van der Waals surface area contributed by atoms with E-state index in [1.807, 2.05) is 12.1 Å². The molecule has 0 atom stereocenters. The van der Waals surface area contributed by atoms with E-state index in [9.17, 15) is 0 Å². The van der Waals surface area contributed by atoms with E-state index in [1.54, 1.807) is 12.4 Å². The minimum absolute atomic E-state index is 0.411. The summed E-state index contributed by atoms with van der Waals surface area (Å²) in [6.07, 6.45) is 4.85. The van der Waals surface area contributed by atoms with Gasteiger partial charge in [0.1, 0.15) is 5.69 Å². The zero-order chi connectivity index (χ0) is 17.6. The molecule has 5 heteroatoms. The fourth-order valence-corrected chi connectivity index (χ4v) is 4.12. The van der Waals surface area contributed by atoms with Gasteiger partial charge in [-0.25, -0.2) is 0 Å². The Morgan fingerprint density at radius 1 is 1.04 bits per heavy atom. The molecule has 0 unspecified atom stereocenters. The van der Waals surface area contributed by atoms with Crippen LogP contribution in [0, 0.1) is 12.3 Å². The Balaban J connectivity index is 1.44. The molecule has 26 heavy (non-hydrogen) atoms. The SMILES string of the molecule is Cc1[nH]nc(-c2ccncc2)c1-c1ccc(N2CCC3(COC3)C2)cc1. The third kappa shape index (κ3) is 2.51. The minimum atomic E-state index is 0.411. The number of hydrogen-bond acceptors (Lipinski definition) is 4. The van der Waals surface area contributed by atoms with Crippen LogP contribution in [-0.2, 0) is 4.74 Å². The molecule has 132 valence electrons. The summed E-state index contributed by atoms with van der Waals surface area (Å²) >= 11 is 0. The summed E-state index contributed by atoms with van der Waals surface area (Å²) in [7, 11) is 0. The zero-order valence-electron chi connectivity index (χ0n) is 14.9. The quantitative estimate of drug-likeness (QED) is 0.786. The zero-order valence-corrected chi connectivity index (χ0v) is 14.9. The molecule has 1 N–H and O–H groups in total. The predicted octanol–water partition coefficient (Wildman–Crippen LogP) is 3.67. The number of aryl methyl sites for hydroxylation is 1. The molecule has 2 aliphatic rings. The third-order valence-electron chi connectivity index (χ3n) is 5.68. The van der Waals surface area contributed by atoms with Crippen molar-refractivity contribution in [2.24, 2.45) is 5.41 Å². The van der Waals surface area contributed by atoms with Gasteiger partial charge in [0.25, 0.3) is 0 Å². The van der Waals surface area contributed by atoms with Crippen LogP contribution in [0.5, 0.6) is 0 Å². The van der Waals surface area contributed by atoms with Crippen LogP contribution in [0.3, 0.4) is 0 Å². The number of rotatable bonds is 3. The van der Waals surface area contributed by atoms with E-state index in [4.69, 9.17) is 4.74 Å². The Bertz CT molecular complexity index is 913. The van der Waals surface area contributed by atoms with Crippen LogP contribution in [0.15, 0.2) is 48.8 Å². The van der Waals surface area contributed by atoms with Gasteiger partial charge in [-0.05, 0) is 43.2 Å². The van der Waals surface area contributed by atoms with Crippen LogP contribution >= 0.6 is 0 Å². The molecule has 0 saturated carbocycles. The minimum Gasteiger partial charge on any atom is -0.380 e. The Hall–Kier alpha value is -2.66. The van der Waals surface area contributed by atoms with Crippen LogP contribution < -0.4 is 4.90 Å². The van der Waals surface area contributed by atoms with Crippen molar-refractivity contribution in [3.05, 3.63) is 54.5 Å². The Morgan fingerprint density at radius 2 is 1.81 bits per heavy atom. The van der Waals surface area contributed by atoms with E-state index < -0.39 is 0 Å². The standard InChI is InChI=1S/C21H22N4O/c1-15-19(20(24-23-15)17-6-9-22-10-7-17)16-2-4-18(5-3-16)25-11-8-21(12-25)13-26-14-21/h2-7,9-10H,8,11-14H2,1H3,(H,23,24). The number of anilines is 1. The first-order valence-electron chi connectivity index (χ1n) is 9.13. The highest BCUT2D eigenvalue weighted by Gasteiger charge is 2.44. The molecule has 0 amide bonds. The van der Waals surface area contributed by atoms with Crippen LogP contribution in [0.4, 0.5) is 5.69 Å². The third-order valence-corrected chi connectivity index (χ3v) is 5.68. The Kier molecular flexibility index (Phi) is 3.57. The average molecular weight is 346 g/mol. The molecule has 2 saturated heterocycles. The molecule has 0 bridgehead atoms. The van der Waals surface area contributed by atoms with Crippen LogP contribution in [0.1, 0.15) is 12.1 Å². The van der Waals surface area contributed by atoms with E-state index in [0.29, 0.717) is 5.41 Å². The summed E-state index contributed by atoms with van der Waals surface area (Å²) in [6, 6.07) is 12.9. The van der Waals surface area contributed by atoms with Crippen molar-refractivity contribution in [2.75, 3.05) is 31.2 Å².